The van der Waals surface area contributed by atoms with Gasteiger partial charge in [0, 0.05) is 7.05 Å². The number of carbonyl (C=O) groups is 2. The Labute approximate surface area is 191 Å². The number of benzene rings is 2. The summed E-state index contributed by atoms with van der Waals surface area (Å²) in [6.07, 6.45) is 6.98. The van der Waals surface area contributed by atoms with E-state index in [2.05, 4.69) is 26.8 Å². The molecule has 0 spiro atoms. The number of hydrogen-bond donors (Lipinski definition) is 1. The molecule has 9 heteroatoms. The van der Waals surface area contributed by atoms with Gasteiger partial charge in [-0.05, 0) is 75.7 Å². The van der Waals surface area contributed by atoms with E-state index in [-0.39, 0.29) is 18.1 Å². The maximum atomic E-state index is 12.7. The van der Waals surface area contributed by atoms with Gasteiger partial charge in [0.25, 0.3) is 5.91 Å². The van der Waals surface area contributed by atoms with E-state index in [1.165, 1.54) is 35.9 Å². The molecule has 0 atom stereocenters. The summed E-state index contributed by atoms with van der Waals surface area (Å²) in [6.45, 7) is 0.0990. The zero-order valence-electron chi connectivity index (χ0n) is 16.6. The molecule has 1 aliphatic heterocycles. The Morgan fingerprint density at radius 2 is 2.06 bits per heavy atom. The molecule has 0 aliphatic carbocycles. The fraction of sp³-hybridized carbons (Fsp3) is 0.136. The summed E-state index contributed by atoms with van der Waals surface area (Å²) in [5, 5.41) is 9.48. The minimum atomic E-state index is -1.01. The van der Waals surface area contributed by atoms with Crippen LogP contribution in [0.4, 0.5) is 5.69 Å². The first-order valence-corrected chi connectivity index (χ1v) is 10.5. The van der Waals surface area contributed by atoms with Crippen LogP contribution in [0.5, 0.6) is 11.5 Å². The number of thioether (sulfide) groups is 1. The molecule has 158 valence electrons. The molecule has 0 unspecified atom stereocenters. The number of carboxylic acids is 1. The number of aromatic carboxylic acids is 1. The highest BCUT2D eigenvalue weighted by atomic mass is 79.9. The lowest BCUT2D eigenvalue weighted by Crippen LogP contribution is -2.23. The van der Waals surface area contributed by atoms with Gasteiger partial charge in [-0.2, -0.15) is 0 Å². The lowest BCUT2D eigenvalue weighted by molar-refractivity contribution is -0.121. The third-order valence-corrected chi connectivity index (χ3v) is 5.84. The highest BCUT2D eigenvalue weighted by Gasteiger charge is 2.30. The standard InChI is InChI=1S/C22H17BrN2O5S/c1-4-9-30-19-16(23)10-13(11-17(19)29-3)12-18-20(26)25(2)22(31-18)24-15-7-5-14(6-8-15)21(27)28/h1,5-8,10-12H,9H2,2-3H3,(H,27,28)/b18-12-,24-22?. The van der Waals surface area contributed by atoms with Gasteiger partial charge in [0.1, 0.15) is 6.61 Å². The third-order valence-electron chi connectivity index (χ3n) is 4.19. The molecule has 0 saturated carbocycles. The number of halogens is 1. The Balaban J connectivity index is 1.88. The molecule has 1 saturated heterocycles. The zero-order chi connectivity index (χ0) is 22.5. The van der Waals surface area contributed by atoms with E-state index < -0.39 is 5.97 Å². The predicted molar refractivity (Wildman–Crippen MR) is 124 cm³/mol. The quantitative estimate of drug-likeness (QED) is 0.467. The number of ether oxygens (including phenoxy) is 2. The molecule has 0 bridgehead atoms. The van der Waals surface area contributed by atoms with Crippen LogP contribution in [0.3, 0.4) is 0 Å². The van der Waals surface area contributed by atoms with Gasteiger partial charge in [-0.15, -0.1) is 6.42 Å². The molecule has 1 aliphatic rings. The number of carbonyl (C=O) groups excluding carboxylic acids is 1. The zero-order valence-corrected chi connectivity index (χ0v) is 19.0. The van der Waals surface area contributed by atoms with Crippen molar-refractivity contribution in [2.24, 2.45) is 4.99 Å². The van der Waals surface area contributed by atoms with Gasteiger partial charge >= 0.3 is 5.97 Å². The maximum absolute atomic E-state index is 12.7. The number of amidine groups is 1. The number of nitrogens with zero attached hydrogens (tertiary/aromatic N) is 2. The normalized spacial score (nSPS) is 15.9. The highest BCUT2D eigenvalue weighted by Crippen LogP contribution is 2.39. The molecule has 1 fully saturated rings. The van der Waals surface area contributed by atoms with Crippen LogP contribution in [0.15, 0.2) is 50.8 Å². The Kier molecular flexibility index (Phi) is 7.05. The van der Waals surface area contributed by atoms with E-state index in [1.807, 2.05) is 0 Å². The van der Waals surface area contributed by atoms with Crippen LogP contribution in [0.2, 0.25) is 0 Å². The van der Waals surface area contributed by atoms with E-state index in [9.17, 15) is 9.59 Å². The molecule has 1 N–H and O–H groups in total. The van der Waals surface area contributed by atoms with Crippen molar-refractivity contribution in [2.45, 2.75) is 0 Å². The molecule has 1 heterocycles. The summed E-state index contributed by atoms with van der Waals surface area (Å²) >= 11 is 4.67. The average Bonchev–Trinajstić information content (AvgIpc) is 3.00. The number of likely N-dealkylation sites (N-methyl/N-ethyl adjacent to an activating group) is 1. The summed E-state index contributed by atoms with van der Waals surface area (Å²) < 4.78 is 11.5. The Morgan fingerprint density at radius 1 is 1.35 bits per heavy atom. The molecule has 0 radical (unpaired) electrons. The summed E-state index contributed by atoms with van der Waals surface area (Å²) in [5.74, 6) is 2.16. The highest BCUT2D eigenvalue weighted by molar-refractivity contribution is 9.10. The number of amides is 1. The van der Waals surface area contributed by atoms with Crippen molar-refractivity contribution < 1.29 is 24.2 Å². The van der Waals surface area contributed by atoms with Gasteiger partial charge in [0.2, 0.25) is 0 Å². The number of rotatable bonds is 6. The summed E-state index contributed by atoms with van der Waals surface area (Å²) in [7, 11) is 3.15. The van der Waals surface area contributed by atoms with Gasteiger partial charge in [-0.3, -0.25) is 9.69 Å². The molecular weight excluding hydrogens is 484 g/mol. The van der Waals surface area contributed by atoms with Gasteiger partial charge in [-0.1, -0.05) is 5.92 Å². The monoisotopic (exact) mass is 500 g/mol. The van der Waals surface area contributed by atoms with Crippen LogP contribution < -0.4 is 9.47 Å². The lowest BCUT2D eigenvalue weighted by atomic mass is 10.2. The van der Waals surface area contributed by atoms with Crippen molar-refractivity contribution in [3.63, 3.8) is 0 Å². The predicted octanol–water partition coefficient (Wildman–Crippen LogP) is 4.40. The molecule has 3 rings (SSSR count). The molecule has 2 aromatic rings. The molecule has 7 nitrogen and oxygen atoms in total. The van der Waals surface area contributed by atoms with Crippen molar-refractivity contribution >= 4 is 56.5 Å². The Bertz CT molecular complexity index is 1140. The van der Waals surface area contributed by atoms with Crippen LogP contribution in [0.25, 0.3) is 6.08 Å². The largest absolute Gasteiger partial charge is 0.493 e. The second-order valence-electron chi connectivity index (χ2n) is 6.25. The van der Waals surface area contributed by atoms with Crippen molar-refractivity contribution in [3.05, 3.63) is 56.9 Å². The van der Waals surface area contributed by atoms with Gasteiger partial charge < -0.3 is 14.6 Å². The molecule has 1 amide bonds. The summed E-state index contributed by atoms with van der Waals surface area (Å²) in [6, 6.07) is 9.66. The van der Waals surface area contributed by atoms with Crippen molar-refractivity contribution in [2.75, 3.05) is 20.8 Å². The van der Waals surface area contributed by atoms with Crippen LogP contribution in [0.1, 0.15) is 15.9 Å². The van der Waals surface area contributed by atoms with Gasteiger partial charge in [0.15, 0.2) is 16.7 Å². The average molecular weight is 501 g/mol. The fourth-order valence-corrected chi connectivity index (χ4v) is 4.23. The fourth-order valence-electron chi connectivity index (χ4n) is 2.67. The topological polar surface area (TPSA) is 88.4 Å². The Morgan fingerprint density at radius 3 is 2.68 bits per heavy atom. The smallest absolute Gasteiger partial charge is 0.335 e. The molecule has 31 heavy (non-hydrogen) atoms. The van der Waals surface area contributed by atoms with E-state index in [0.29, 0.717) is 31.7 Å². The number of methoxy groups -OCH3 is 1. The summed E-state index contributed by atoms with van der Waals surface area (Å²) in [4.78, 5) is 30.1. The third kappa shape index (κ3) is 5.10. The van der Waals surface area contributed by atoms with Crippen molar-refractivity contribution in [1.82, 2.24) is 4.90 Å². The van der Waals surface area contributed by atoms with E-state index in [1.54, 1.807) is 37.4 Å². The number of carboxylic acid groups (broad SMARTS) is 1. The number of aliphatic imine (C=N–C) groups is 1. The SMILES string of the molecule is C#CCOc1c(Br)cc(/C=C2\SC(=Nc3ccc(C(=O)O)cc3)N(C)C2=O)cc1OC. The first kappa shape index (κ1) is 22.5. The van der Waals surface area contributed by atoms with Crippen LogP contribution in [-0.4, -0.2) is 47.8 Å². The second-order valence-corrected chi connectivity index (χ2v) is 8.11. The van der Waals surface area contributed by atoms with Gasteiger partial charge in [-0.25, -0.2) is 9.79 Å². The van der Waals surface area contributed by atoms with Crippen molar-refractivity contribution in [3.8, 4) is 23.8 Å². The summed E-state index contributed by atoms with van der Waals surface area (Å²) in [5.41, 5.74) is 1.45. The van der Waals surface area contributed by atoms with Crippen LogP contribution >= 0.6 is 27.7 Å². The van der Waals surface area contributed by atoms with Gasteiger partial charge in [0.05, 0.1) is 27.7 Å². The van der Waals surface area contributed by atoms with E-state index in [0.717, 1.165) is 5.56 Å². The van der Waals surface area contributed by atoms with Crippen LogP contribution in [-0.2, 0) is 4.79 Å². The van der Waals surface area contributed by atoms with E-state index in [4.69, 9.17) is 21.0 Å². The lowest BCUT2D eigenvalue weighted by Gasteiger charge is -2.12. The number of terminal acetylenes is 1. The molecular formula is C22H17BrN2O5S. The molecule has 2 aromatic carbocycles. The maximum Gasteiger partial charge on any atom is 0.335 e. The second kappa shape index (κ2) is 9.73. The minimum Gasteiger partial charge on any atom is -0.493 e. The number of hydrogen-bond acceptors (Lipinski definition) is 6. The molecule has 0 aromatic heterocycles. The van der Waals surface area contributed by atoms with Crippen molar-refractivity contribution in [1.29, 1.82) is 0 Å². The first-order chi connectivity index (χ1) is 14.8. The van der Waals surface area contributed by atoms with E-state index >= 15 is 0 Å². The minimum absolute atomic E-state index is 0.0990. The Hall–Kier alpha value is -3.22. The van der Waals surface area contributed by atoms with Crippen LogP contribution in [0, 0.1) is 12.3 Å². The first-order valence-electron chi connectivity index (χ1n) is 8.87.